The van der Waals surface area contributed by atoms with Crippen molar-refractivity contribution in [1.82, 2.24) is 0 Å². The van der Waals surface area contributed by atoms with Crippen LogP contribution in [0.3, 0.4) is 0 Å². The highest BCUT2D eigenvalue weighted by molar-refractivity contribution is 6.06. The topological polar surface area (TPSA) is 34.1 Å². The third-order valence-electron chi connectivity index (χ3n) is 1.33. The van der Waals surface area contributed by atoms with Crippen LogP contribution in [-0.2, 0) is 9.59 Å². The number of halogens is 1. The van der Waals surface area contributed by atoms with Crippen LogP contribution in [0.4, 0.5) is 4.39 Å². The van der Waals surface area contributed by atoms with Gasteiger partial charge in [-0.3, -0.25) is 9.59 Å². The molecule has 0 N–H and O–H groups in total. The molecule has 0 heterocycles. The Balaban J connectivity index is 4.39. The average Bonchev–Trinajstić information content (AvgIpc) is 1.82. The Morgan fingerprint density at radius 1 is 1.27 bits per heavy atom. The van der Waals surface area contributed by atoms with E-state index in [-0.39, 0.29) is 0 Å². The molecule has 0 radical (unpaired) electrons. The summed E-state index contributed by atoms with van der Waals surface area (Å²) in [6.45, 7) is 5.84. The SMILES string of the molecule is CC(=O)C(F)C(=O)C(C)(C)C. The van der Waals surface area contributed by atoms with Crippen LogP contribution < -0.4 is 0 Å². The summed E-state index contributed by atoms with van der Waals surface area (Å²) in [7, 11) is 0. The maximum absolute atomic E-state index is 12.7. The lowest BCUT2D eigenvalue weighted by Gasteiger charge is -2.17. The van der Waals surface area contributed by atoms with Gasteiger partial charge in [0.1, 0.15) is 0 Å². The van der Waals surface area contributed by atoms with E-state index in [2.05, 4.69) is 0 Å². The maximum Gasteiger partial charge on any atom is 0.216 e. The largest absolute Gasteiger partial charge is 0.296 e. The van der Waals surface area contributed by atoms with Crippen LogP contribution in [0.1, 0.15) is 27.7 Å². The molecule has 64 valence electrons. The van der Waals surface area contributed by atoms with Crippen molar-refractivity contribution in [2.24, 2.45) is 5.41 Å². The van der Waals surface area contributed by atoms with Crippen molar-refractivity contribution in [3.05, 3.63) is 0 Å². The van der Waals surface area contributed by atoms with Crippen LogP contribution in [0.15, 0.2) is 0 Å². The van der Waals surface area contributed by atoms with Crippen LogP contribution in [0.5, 0.6) is 0 Å². The fourth-order valence-electron chi connectivity index (χ4n) is 0.565. The zero-order chi connectivity index (χ0) is 9.23. The van der Waals surface area contributed by atoms with Crippen molar-refractivity contribution in [1.29, 1.82) is 0 Å². The molecule has 0 saturated heterocycles. The van der Waals surface area contributed by atoms with E-state index in [1.807, 2.05) is 0 Å². The third kappa shape index (κ3) is 2.78. The summed E-state index contributed by atoms with van der Waals surface area (Å²) < 4.78 is 12.7. The van der Waals surface area contributed by atoms with Crippen LogP contribution in [-0.4, -0.2) is 17.7 Å². The number of carbonyl (C=O) groups is 2. The minimum Gasteiger partial charge on any atom is -0.296 e. The first-order valence-electron chi connectivity index (χ1n) is 3.45. The van der Waals surface area contributed by atoms with Crippen molar-refractivity contribution >= 4 is 11.6 Å². The van der Waals surface area contributed by atoms with E-state index in [9.17, 15) is 14.0 Å². The van der Waals surface area contributed by atoms with E-state index in [4.69, 9.17) is 0 Å². The van der Waals surface area contributed by atoms with Crippen molar-refractivity contribution in [3.63, 3.8) is 0 Å². The van der Waals surface area contributed by atoms with Gasteiger partial charge in [0.2, 0.25) is 6.17 Å². The molecule has 0 amide bonds. The molecule has 2 nitrogen and oxygen atoms in total. The van der Waals surface area contributed by atoms with Crippen LogP contribution in [0.2, 0.25) is 0 Å². The van der Waals surface area contributed by atoms with Gasteiger partial charge in [-0.25, -0.2) is 4.39 Å². The Morgan fingerprint density at radius 3 is 1.73 bits per heavy atom. The Morgan fingerprint density at radius 2 is 1.64 bits per heavy atom. The fourth-order valence-corrected chi connectivity index (χ4v) is 0.565. The standard InChI is InChI=1S/C8H13FO2/c1-5(10)6(9)7(11)8(2,3)4/h6H,1-4H3. The normalized spacial score (nSPS) is 14.3. The highest BCUT2D eigenvalue weighted by Gasteiger charge is 2.32. The molecule has 0 saturated carbocycles. The number of rotatable bonds is 2. The van der Waals surface area contributed by atoms with Gasteiger partial charge in [0, 0.05) is 5.41 Å². The molecule has 11 heavy (non-hydrogen) atoms. The fraction of sp³-hybridized carbons (Fsp3) is 0.750. The monoisotopic (exact) mass is 160 g/mol. The summed E-state index contributed by atoms with van der Waals surface area (Å²) in [5.74, 6) is -1.37. The Bertz CT molecular complexity index is 179. The highest BCUT2D eigenvalue weighted by Crippen LogP contribution is 2.18. The van der Waals surface area contributed by atoms with Gasteiger partial charge in [-0.05, 0) is 6.92 Å². The molecule has 1 atom stereocenters. The highest BCUT2D eigenvalue weighted by atomic mass is 19.1. The van der Waals surface area contributed by atoms with Gasteiger partial charge in [0.15, 0.2) is 11.6 Å². The molecule has 0 bridgehead atoms. The maximum atomic E-state index is 12.7. The van der Waals surface area contributed by atoms with Crippen LogP contribution in [0, 0.1) is 5.41 Å². The molecule has 0 aliphatic carbocycles. The lowest BCUT2D eigenvalue weighted by Crippen LogP contribution is -2.33. The van der Waals surface area contributed by atoms with E-state index in [1.54, 1.807) is 20.8 Å². The van der Waals surface area contributed by atoms with E-state index in [0.29, 0.717) is 0 Å². The molecule has 0 aliphatic rings. The molecular weight excluding hydrogens is 147 g/mol. The van der Waals surface area contributed by atoms with Crippen molar-refractivity contribution in [2.75, 3.05) is 0 Å². The van der Waals surface area contributed by atoms with Crippen LogP contribution in [0.25, 0.3) is 0 Å². The zero-order valence-electron chi connectivity index (χ0n) is 7.27. The van der Waals surface area contributed by atoms with Crippen LogP contribution >= 0.6 is 0 Å². The Labute approximate surface area is 65.8 Å². The van der Waals surface area contributed by atoms with Gasteiger partial charge in [-0.15, -0.1) is 0 Å². The second kappa shape index (κ2) is 3.11. The Hall–Kier alpha value is -0.730. The first-order valence-corrected chi connectivity index (χ1v) is 3.45. The van der Waals surface area contributed by atoms with E-state index < -0.39 is 23.2 Å². The quantitative estimate of drug-likeness (QED) is 0.574. The second-order valence-electron chi connectivity index (χ2n) is 3.59. The molecule has 0 aromatic carbocycles. The smallest absolute Gasteiger partial charge is 0.216 e. The molecule has 0 rings (SSSR count). The summed E-state index contributed by atoms with van der Waals surface area (Å²) in [5, 5.41) is 0. The number of hydrogen-bond donors (Lipinski definition) is 0. The minimum atomic E-state index is -1.95. The van der Waals surface area contributed by atoms with E-state index >= 15 is 0 Å². The number of carbonyl (C=O) groups excluding carboxylic acids is 2. The molecular formula is C8H13FO2. The molecule has 3 heteroatoms. The predicted molar refractivity (Wildman–Crippen MR) is 40.0 cm³/mol. The van der Waals surface area contributed by atoms with E-state index in [0.717, 1.165) is 6.92 Å². The molecule has 0 aromatic rings. The van der Waals surface area contributed by atoms with Crippen molar-refractivity contribution in [3.8, 4) is 0 Å². The van der Waals surface area contributed by atoms with Crippen molar-refractivity contribution in [2.45, 2.75) is 33.9 Å². The molecule has 1 unspecified atom stereocenters. The minimum absolute atomic E-state index is 0.648. The van der Waals surface area contributed by atoms with Gasteiger partial charge >= 0.3 is 0 Å². The average molecular weight is 160 g/mol. The first kappa shape index (κ1) is 10.3. The first-order chi connectivity index (χ1) is 4.76. The lowest BCUT2D eigenvalue weighted by molar-refractivity contribution is -0.138. The second-order valence-corrected chi connectivity index (χ2v) is 3.59. The number of alkyl halides is 1. The molecule has 0 aliphatic heterocycles. The van der Waals surface area contributed by atoms with Crippen molar-refractivity contribution < 1.29 is 14.0 Å². The zero-order valence-corrected chi connectivity index (χ0v) is 7.27. The summed E-state index contributed by atoms with van der Waals surface area (Å²) in [5.41, 5.74) is -0.773. The lowest BCUT2D eigenvalue weighted by atomic mass is 9.87. The third-order valence-corrected chi connectivity index (χ3v) is 1.33. The summed E-state index contributed by atoms with van der Waals surface area (Å²) >= 11 is 0. The predicted octanol–water partition coefficient (Wildman–Crippen LogP) is 1.53. The molecule has 0 fully saturated rings. The van der Waals surface area contributed by atoms with Gasteiger partial charge < -0.3 is 0 Å². The van der Waals surface area contributed by atoms with Gasteiger partial charge in [-0.1, -0.05) is 20.8 Å². The number of ketones is 2. The van der Waals surface area contributed by atoms with Gasteiger partial charge in [0.05, 0.1) is 0 Å². The summed E-state index contributed by atoms with van der Waals surface area (Å²) in [6.07, 6.45) is -1.95. The van der Waals surface area contributed by atoms with Gasteiger partial charge in [-0.2, -0.15) is 0 Å². The van der Waals surface area contributed by atoms with Gasteiger partial charge in [0.25, 0.3) is 0 Å². The van der Waals surface area contributed by atoms with E-state index in [1.165, 1.54) is 0 Å². The summed E-state index contributed by atoms with van der Waals surface area (Å²) in [6, 6.07) is 0. The number of Topliss-reactive ketones (excluding diaryl/α,β-unsaturated/α-hetero) is 2. The number of hydrogen-bond acceptors (Lipinski definition) is 2. The summed E-state index contributed by atoms with van der Waals surface area (Å²) in [4.78, 5) is 21.4. The molecule has 0 spiro atoms. The Kier molecular flexibility index (Phi) is 2.91. The molecule has 0 aromatic heterocycles.